The number of aryl methyl sites for hydroxylation is 1. The molecule has 4 aliphatic rings. The molecule has 0 aromatic heterocycles. The van der Waals surface area contributed by atoms with Crippen LogP contribution in [0, 0.1) is 35.5 Å². The number of fused-ring (bicyclic) bond motifs is 5. The third-order valence-electron chi connectivity index (χ3n) is 10.8. The summed E-state index contributed by atoms with van der Waals surface area (Å²) in [7, 11) is -4.31. The molecule has 5 rings (SSSR count). The Morgan fingerprint density at radius 2 is 1.81 bits per heavy atom. The number of esters is 1. The number of hydrogen-bond acceptors (Lipinski definition) is 8. The minimum Gasteiger partial charge on any atom is -0.450 e. The van der Waals surface area contributed by atoms with Crippen LogP contribution < -0.4 is 0 Å². The first kappa shape index (κ1) is 30.8. The van der Waals surface area contributed by atoms with Gasteiger partial charge in [-0.15, -0.1) is 0 Å². The second-order valence-electron chi connectivity index (χ2n) is 12.9. The van der Waals surface area contributed by atoms with Gasteiger partial charge >= 0.3 is 5.97 Å². The first-order valence-electron chi connectivity index (χ1n) is 14.6. The van der Waals surface area contributed by atoms with Crippen molar-refractivity contribution in [1.82, 2.24) is 0 Å². The molecule has 0 amide bonds. The van der Waals surface area contributed by atoms with Crippen molar-refractivity contribution in [2.45, 2.75) is 89.0 Å². The highest BCUT2D eigenvalue weighted by Crippen LogP contribution is 2.71. The van der Waals surface area contributed by atoms with Crippen molar-refractivity contribution in [2.75, 3.05) is 6.61 Å². The molecule has 0 saturated heterocycles. The first-order chi connectivity index (χ1) is 19.6. The molecule has 0 bridgehead atoms. The third kappa shape index (κ3) is 4.19. The van der Waals surface area contributed by atoms with E-state index in [1.54, 1.807) is 45.9 Å². The van der Waals surface area contributed by atoms with Crippen LogP contribution in [-0.2, 0) is 33.4 Å². The van der Waals surface area contributed by atoms with E-state index in [1.165, 1.54) is 24.3 Å². The molecule has 1 N–H and O–H groups in total. The number of Topliss-reactive ketones (excluding diaryl/α,β-unsaturated/α-hetero) is 1. The Bertz CT molecular complexity index is 1480. The molecule has 0 aliphatic heterocycles. The van der Waals surface area contributed by atoms with Gasteiger partial charge in [0.1, 0.15) is 6.61 Å². The van der Waals surface area contributed by atoms with Crippen molar-refractivity contribution in [3.63, 3.8) is 0 Å². The Morgan fingerprint density at radius 1 is 1.14 bits per heavy atom. The lowest BCUT2D eigenvalue weighted by Gasteiger charge is -2.62. The fourth-order valence-corrected chi connectivity index (χ4v) is 9.53. The standard InChI is InChI=1S/C32H39FO8S/c1-6-28(37)41-32(27(36)18-40-42(38,39)23-10-7-19(2)8-11-23)20(3)15-25-24-12-9-21-16-22(34)13-14-29(21,4)31(24,33)26(35)17-30(25,32)5/h7-8,10-11,13-14,16,20,24-26,35H,6,9,12,15,17-18H2,1-5H3/t20-,24-,25-,26-,29-,30-,31-,32-/m0/s1. The summed E-state index contributed by atoms with van der Waals surface area (Å²) in [6.07, 6.45) is 3.68. The summed E-state index contributed by atoms with van der Waals surface area (Å²) in [5.41, 5.74) is -4.91. The van der Waals surface area contributed by atoms with Crippen LogP contribution in [0.5, 0.6) is 0 Å². The van der Waals surface area contributed by atoms with Crippen molar-refractivity contribution < 1.29 is 41.2 Å². The second kappa shape index (κ2) is 10.2. The number of aliphatic hydroxyl groups is 1. The van der Waals surface area contributed by atoms with Gasteiger partial charge in [0.2, 0.25) is 5.78 Å². The zero-order valence-corrected chi connectivity index (χ0v) is 25.5. The summed E-state index contributed by atoms with van der Waals surface area (Å²) in [5, 5.41) is 11.7. The van der Waals surface area contributed by atoms with Gasteiger partial charge in [0.25, 0.3) is 10.1 Å². The number of carbonyl (C=O) groups is 3. The molecule has 8 atom stereocenters. The summed E-state index contributed by atoms with van der Waals surface area (Å²) in [4.78, 5) is 39.1. The van der Waals surface area contributed by atoms with Crippen LogP contribution in [0.2, 0.25) is 0 Å². The molecule has 3 fully saturated rings. The molecule has 1 aromatic rings. The van der Waals surface area contributed by atoms with Crippen LogP contribution in [0.15, 0.2) is 53.0 Å². The van der Waals surface area contributed by atoms with Crippen molar-refractivity contribution in [3.05, 3.63) is 53.6 Å². The van der Waals surface area contributed by atoms with Crippen molar-refractivity contribution in [3.8, 4) is 0 Å². The third-order valence-corrected chi connectivity index (χ3v) is 12.1. The van der Waals surface area contributed by atoms with Gasteiger partial charge in [-0.25, -0.2) is 4.39 Å². The molecule has 1 aromatic carbocycles. The fourth-order valence-electron chi connectivity index (χ4n) is 8.66. The molecule has 228 valence electrons. The van der Waals surface area contributed by atoms with Crippen LogP contribution >= 0.6 is 0 Å². The average molecular weight is 603 g/mol. The number of ketones is 2. The molecule has 8 nitrogen and oxygen atoms in total. The van der Waals surface area contributed by atoms with E-state index in [4.69, 9.17) is 8.92 Å². The van der Waals surface area contributed by atoms with E-state index in [1.807, 2.05) is 6.92 Å². The van der Waals surface area contributed by atoms with Gasteiger partial charge < -0.3 is 9.84 Å². The van der Waals surface area contributed by atoms with Gasteiger partial charge in [-0.3, -0.25) is 18.6 Å². The Morgan fingerprint density at radius 3 is 2.45 bits per heavy atom. The topological polar surface area (TPSA) is 124 Å². The van der Waals surface area contributed by atoms with Gasteiger partial charge in [0.05, 0.1) is 11.0 Å². The summed E-state index contributed by atoms with van der Waals surface area (Å²) in [5.74, 6) is -3.40. The van der Waals surface area contributed by atoms with Gasteiger partial charge in [-0.2, -0.15) is 8.42 Å². The largest absolute Gasteiger partial charge is 0.450 e. The highest BCUT2D eigenvalue weighted by Gasteiger charge is 2.77. The van der Waals surface area contributed by atoms with Crippen molar-refractivity contribution >= 4 is 27.7 Å². The molecular formula is C32H39FO8S. The highest BCUT2D eigenvalue weighted by atomic mass is 32.2. The number of carbonyl (C=O) groups excluding carboxylic acids is 3. The van der Waals surface area contributed by atoms with E-state index in [9.17, 15) is 27.9 Å². The van der Waals surface area contributed by atoms with Crippen LogP contribution in [0.4, 0.5) is 4.39 Å². The van der Waals surface area contributed by atoms with Crippen LogP contribution in [0.1, 0.15) is 65.4 Å². The normalized spacial score (nSPS) is 39.1. The van der Waals surface area contributed by atoms with Gasteiger partial charge in [-0.05, 0) is 69.7 Å². The zero-order valence-electron chi connectivity index (χ0n) is 24.7. The SMILES string of the molecule is CCC(=O)O[C@]1(C(=O)COS(=O)(=O)c2ccc(C)cc2)[C@@H](C)C[C@H]2[C@@H]3CCC4=CC(=O)C=C[C@]4(C)[C@@]3(F)[C@@H](O)C[C@@]21C. The van der Waals surface area contributed by atoms with Crippen LogP contribution in [-0.4, -0.2) is 55.0 Å². The summed E-state index contributed by atoms with van der Waals surface area (Å²) >= 11 is 0. The Balaban J connectivity index is 1.54. The number of halogens is 1. The second-order valence-corrected chi connectivity index (χ2v) is 14.5. The number of alkyl halides is 1. The maximum atomic E-state index is 17.5. The zero-order chi connectivity index (χ0) is 30.9. The lowest BCUT2D eigenvalue weighted by molar-refractivity contribution is -0.228. The van der Waals surface area contributed by atoms with Gasteiger partial charge in [0.15, 0.2) is 17.1 Å². The number of hydrogen-bond donors (Lipinski definition) is 1. The molecule has 0 radical (unpaired) electrons. The predicted molar refractivity (Wildman–Crippen MR) is 151 cm³/mol. The Labute approximate surface area is 246 Å². The number of rotatable bonds is 7. The van der Waals surface area contributed by atoms with E-state index in [-0.39, 0.29) is 23.5 Å². The molecule has 4 aliphatic carbocycles. The average Bonchev–Trinajstić information content (AvgIpc) is 3.15. The number of aliphatic hydroxyl groups excluding tert-OH is 1. The highest BCUT2D eigenvalue weighted by molar-refractivity contribution is 7.86. The molecule has 3 saturated carbocycles. The summed E-state index contributed by atoms with van der Waals surface area (Å²) < 4.78 is 54.7. The van der Waals surface area contributed by atoms with Crippen LogP contribution in [0.3, 0.4) is 0 Å². The first-order valence-corrected chi connectivity index (χ1v) is 16.0. The number of benzene rings is 1. The lowest BCUT2D eigenvalue weighted by Crippen LogP contribution is -2.70. The Kier molecular flexibility index (Phi) is 7.47. The quantitative estimate of drug-likeness (QED) is 0.355. The molecule has 0 unspecified atom stereocenters. The maximum Gasteiger partial charge on any atom is 0.306 e. The molecule has 10 heteroatoms. The van der Waals surface area contributed by atoms with E-state index < -0.39 is 74.4 Å². The van der Waals surface area contributed by atoms with E-state index in [2.05, 4.69) is 0 Å². The van der Waals surface area contributed by atoms with Gasteiger partial charge in [0, 0.05) is 29.1 Å². The van der Waals surface area contributed by atoms with Crippen molar-refractivity contribution in [2.24, 2.45) is 28.6 Å². The maximum absolute atomic E-state index is 17.5. The predicted octanol–water partition coefficient (Wildman–Crippen LogP) is 4.58. The monoisotopic (exact) mass is 602 g/mol. The Hall–Kier alpha value is -2.69. The minimum atomic E-state index is -4.31. The number of allylic oxidation sites excluding steroid dienone is 4. The van der Waals surface area contributed by atoms with Gasteiger partial charge in [-0.1, -0.05) is 50.1 Å². The summed E-state index contributed by atoms with van der Waals surface area (Å²) in [6.45, 7) is 7.72. The molecule has 0 heterocycles. The lowest BCUT2D eigenvalue weighted by atomic mass is 9.44. The van der Waals surface area contributed by atoms with E-state index in [0.717, 1.165) is 5.56 Å². The van der Waals surface area contributed by atoms with E-state index in [0.29, 0.717) is 24.8 Å². The molecule has 42 heavy (non-hydrogen) atoms. The number of ether oxygens (including phenoxy) is 1. The fraction of sp³-hybridized carbons (Fsp3) is 0.594. The van der Waals surface area contributed by atoms with E-state index >= 15 is 4.39 Å². The summed E-state index contributed by atoms with van der Waals surface area (Å²) in [6, 6.07) is 6.00. The van der Waals surface area contributed by atoms with Crippen LogP contribution in [0.25, 0.3) is 0 Å². The molecular weight excluding hydrogens is 563 g/mol. The smallest absolute Gasteiger partial charge is 0.306 e. The molecule has 0 spiro atoms. The minimum absolute atomic E-state index is 0.0326. The van der Waals surface area contributed by atoms with Crippen molar-refractivity contribution in [1.29, 1.82) is 0 Å².